The Morgan fingerprint density at radius 3 is 2.68 bits per heavy atom. The molecule has 1 aliphatic rings. The SMILES string of the molecule is CCOc1cccc(/C(O)=C2\C(=O)C(=O)N(c3nccs3)C2c2ccc(Cl)c(Cl)c2)c1. The third-order valence-electron chi connectivity index (χ3n) is 4.75. The summed E-state index contributed by atoms with van der Waals surface area (Å²) in [5, 5.41) is 13.8. The molecule has 158 valence electrons. The van der Waals surface area contributed by atoms with Crippen LogP contribution in [0.15, 0.2) is 59.6 Å². The number of carbonyl (C=O) groups is 2. The Morgan fingerprint density at radius 1 is 1.19 bits per heavy atom. The Labute approximate surface area is 192 Å². The summed E-state index contributed by atoms with van der Waals surface area (Å²) in [7, 11) is 0. The van der Waals surface area contributed by atoms with Crippen molar-refractivity contribution in [1.29, 1.82) is 0 Å². The monoisotopic (exact) mass is 474 g/mol. The molecule has 1 unspecified atom stereocenters. The number of benzene rings is 2. The number of carbonyl (C=O) groups excluding carboxylic acids is 2. The zero-order valence-corrected chi connectivity index (χ0v) is 18.5. The van der Waals surface area contributed by atoms with Crippen LogP contribution in [0.4, 0.5) is 5.13 Å². The Hall–Kier alpha value is -2.87. The molecule has 2 heterocycles. The molecule has 6 nitrogen and oxygen atoms in total. The van der Waals surface area contributed by atoms with Crippen LogP contribution in [-0.2, 0) is 9.59 Å². The molecular formula is C22H16Cl2N2O4S. The Bertz CT molecular complexity index is 1190. The number of nitrogens with zero attached hydrogens (tertiary/aromatic N) is 2. The van der Waals surface area contributed by atoms with Gasteiger partial charge in [0.1, 0.15) is 11.5 Å². The first-order chi connectivity index (χ1) is 14.9. The summed E-state index contributed by atoms with van der Waals surface area (Å²) in [5.74, 6) is -1.37. The van der Waals surface area contributed by atoms with E-state index in [2.05, 4.69) is 4.98 Å². The summed E-state index contributed by atoms with van der Waals surface area (Å²) in [5.41, 5.74) is 0.812. The van der Waals surface area contributed by atoms with Crippen LogP contribution < -0.4 is 9.64 Å². The van der Waals surface area contributed by atoms with Crippen LogP contribution in [0.3, 0.4) is 0 Å². The van der Waals surface area contributed by atoms with E-state index in [1.54, 1.807) is 47.8 Å². The van der Waals surface area contributed by atoms with Gasteiger partial charge in [0.15, 0.2) is 5.13 Å². The molecule has 1 saturated heterocycles. The molecule has 0 radical (unpaired) electrons. The van der Waals surface area contributed by atoms with Gasteiger partial charge >= 0.3 is 5.91 Å². The second-order valence-corrected chi connectivity index (χ2v) is 8.31. The number of rotatable bonds is 5. The number of thiazole rings is 1. The van der Waals surface area contributed by atoms with Crippen molar-refractivity contribution in [3.63, 3.8) is 0 Å². The van der Waals surface area contributed by atoms with E-state index in [1.807, 2.05) is 6.92 Å². The predicted octanol–water partition coefficient (Wildman–Crippen LogP) is 5.47. The van der Waals surface area contributed by atoms with Crippen molar-refractivity contribution in [3.05, 3.63) is 80.8 Å². The molecular weight excluding hydrogens is 459 g/mol. The van der Waals surface area contributed by atoms with Crippen molar-refractivity contribution in [2.75, 3.05) is 11.5 Å². The van der Waals surface area contributed by atoms with Crippen LogP contribution in [-0.4, -0.2) is 28.4 Å². The first-order valence-electron chi connectivity index (χ1n) is 9.31. The van der Waals surface area contributed by atoms with Crippen molar-refractivity contribution >= 4 is 57.1 Å². The van der Waals surface area contributed by atoms with Gasteiger partial charge in [-0.2, -0.15) is 0 Å². The first-order valence-corrected chi connectivity index (χ1v) is 10.9. The van der Waals surface area contributed by atoms with Gasteiger partial charge in [-0.1, -0.05) is 41.4 Å². The lowest BCUT2D eigenvalue weighted by atomic mass is 9.95. The second-order valence-electron chi connectivity index (χ2n) is 6.62. The fourth-order valence-corrected chi connectivity index (χ4v) is 4.39. The van der Waals surface area contributed by atoms with Gasteiger partial charge in [-0.3, -0.25) is 14.5 Å². The summed E-state index contributed by atoms with van der Waals surface area (Å²) in [6, 6.07) is 10.6. The topological polar surface area (TPSA) is 79.7 Å². The molecule has 0 spiro atoms. The number of aliphatic hydroxyl groups is 1. The molecule has 0 bridgehead atoms. The van der Waals surface area contributed by atoms with Crippen molar-refractivity contribution in [1.82, 2.24) is 4.98 Å². The molecule has 1 aliphatic heterocycles. The van der Waals surface area contributed by atoms with Crippen LogP contribution in [0.5, 0.6) is 5.75 Å². The molecule has 1 amide bonds. The minimum absolute atomic E-state index is 0.0627. The van der Waals surface area contributed by atoms with E-state index in [0.29, 0.717) is 33.6 Å². The zero-order chi connectivity index (χ0) is 22.1. The number of hydrogen-bond acceptors (Lipinski definition) is 6. The van der Waals surface area contributed by atoms with Crippen LogP contribution in [0.1, 0.15) is 24.1 Å². The molecule has 1 fully saturated rings. The van der Waals surface area contributed by atoms with Crippen molar-refractivity contribution in [2.45, 2.75) is 13.0 Å². The maximum absolute atomic E-state index is 13.0. The summed E-state index contributed by atoms with van der Waals surface area (Å²) in [4.78, 5) is 31.5. The molecule has 1 N–H and O–H groups in total. The van der Waals surface area contributed by atoms with Crippen molar-refractivity contribution in [3.8, 4) is 5.75 Å². The molecule has 0 saturated carbocycles. The highest BCUT2D eigenvalue weighted by Gasteiger charge is 2.48. The number of Topliss-reactive ketones (excluding diaryl/α,β-unsaturated/α-hetero) is 1. The number of amides is 1. The summed E-state index contributed by atoms with van der Waals surface area (Å²) < 4.78 is 5.49. The van der Waals surface area contributed by atoms with Gasteiger partial charge in [0.2, 0.25) is 0 Å². The van der Waals surface area contributed by atoms with Gasteiger partial charge < -0.3 is 9.84 Å². The number of aromatic nitrogens is 1. The highest BCUT2D eigenvalue weighted by Crippen LogP contribution is 2.43. The van der Waals surface area contributed by atoms with Gasteiger partial charge in [-0.15, -0.1) is 11.3 Å². The number of aliphatic hydroxyl groups excluding tert-OH is 1. The Balaban J connectivity index is 1.93. The van der Waals surface area contributed by atoms with Crippen molar-refractivity contribution in [2.24, 2.45) is 0 Å². The largest absolute Gasteiger partial charge is 0.507 e. The zero-order valence-electron chi connectivity index (χ0n) is 16.2. The van der Waals surface area contributed by atoms with Gasteiger partial charge in [0.25, 0.3) is 5.78 Å². The van der Waals surface area contributed by atoms with Gasteiger partial charge in [0, 0.05) is 17.1 Å². The standard InChI is InChI=1S/C22H16Cl2N2O4S/c1-2-30-14-5-3-4-13(10-14)19(27)17-18(12-6-7-15(23)16(24)11-12)26(21(29)20(17)28)22-25-8-9-31-22/h3-11,18,27H,2H2,1H3/b19-17+. The van der Waals surface area contributed by atoms with Crippen LogP contribution in [0.2, 0.25) is 10.0 Å². The van der Waals surface area contributed by atoms with Crippen molar-refractivity contribution < 1.29 is 19.4 Å². The third-order valence-corrected chi connectivity index (χ3v) is 6.26. The van der Waals surface area contributed by atoms with E-state index in [0.717, 1.165) is 0 Å². The van der Waals surface area contributed by atoms with Gasteiger partial charge in [0.05, 0.1) is 28.3 Å². The highest BCUT2D eigenvalue weighted by molar-refractivity contribution is 7.14. The lowest BCUT2D eigenvalue weighted by Crippen LogP contribution is -2.29. The van der Waals surface area contributed by atoms with Gasteiger partial charge in [-0.25, -0.2) is 4.98 Å². The summed E-state index contributed by atoms with van der Waals surface area (Å²) in [6.07, 6.45) is 1.54. The van der Waals surface area contributed by atoms with E-state index in [1.165, 1.54) is 22.4 Å². The Morgan fingerprint density at radius 2 is 2.00 bits per heavy atom. The van der Waals surface area contributed by atoms with E-state index in [9.17, 15) is 14.7 Å². The number of hydrogen-bond donors (Lipinski definition) is 1. The molecule has 3 aromatic rings. The molecule has 9 heteroatoms. The lowest BCUT2D eigenvalue weighted by molar-refractivity contribution is -0.132. The maximum atomic E-state index is 13.0. The second kappa shape index (κ2) is 8.70. The Kier molecular flexibility index (Phi) is 6.00. The molecule has 4 rings (SSSR count). The average molecular weight is 475 g/mol. The van der Waals surface area contributed by atoms with E-state index < -0.39 is 17.7 Å². The quantitative estimate of drug-likeness (QED) is 0.301. The number of anilines is 1. The number of halogens is 2. The van der Waals surface area contributed by atoms with Gasteiger partial charge in [-0.05, 0) is 36.8 Å². The normalized spacial score (nSPS) is 17.9. The fraction of sp³-hybridized carbons (Fsp3) is 0.136. The summed E-state index contributed by atoms with van der Waals surface area (Å²) in [6.45, 7) is 2.29. The number of ketones is 1. The lowest BCUT2D eigenvalue weighted by Gasteiger charge is -2.23. The van der Waals surface area contributed by atoms with E-state index >= 15 is 0 Å². The molecule has 31 heavy (non-hydrogen) atoms. The fourth-order valence-electron chi connectivity index (χ4n) is 3.42. The highest BCUT2D eigenvalue weighted by atomic mass is 35.5. The molecule has 1 atom stereocenters. The van der Waals surface area contributed by atoms with E-state index in [-0.39, 0.29) is 16.4 Å². The van der Waals surface area contributed by atoms with Crippen LogP contribution >= 0.6 is 34.5 Å². The van der Waals surface area contributed by atoms with Crippen LogP contribution in [0, 0.1) is 0 Å². The predicted molar refractivity (Wildman–Crippen MR) is 121 cm³/mol. The average Bonchev–Trinajstić information content (AvgIpc) is 3.37. The van der Waals surface area contributed by atoms with Crippen LogP contribution in [0.25, 0.3) is 5.76 Å². The minimum atomic E-state index is -0.920. The van der Waals surface area contributed by atoms with E-state index in [4.69, 9.17) is 27.9 Å². The molecule has 0 aliphatic carbocycles. The first kappa shape index (κ1) is 21.4. The minimum Gasteiger partial charge on any atom is -0.507 e. The molecule has 1 aromatic heterocycles. The third kappa shape index (κ3) is 3.92. The number of ether oxygens (including phenoxy) is 1. The maximum Gasteiger partial charge on any atom is 0.301 e. The smallest absolute Gasteiger partial charge is 0.301 e. The summed E-state index contributed by atoms with van der Waals surface area (Å²) >= 11 is 13.5. The molecule has 2 aromatic carbocycles.